The van der Waals surface area contributed by atoms with E-state index in [1.165, 1.54) is 32.1 Å². The lowest BCUT2D eigenvalue weighted by molar-refractivity contribution is 0.0996. The molecule has 1 atom stereocenters. The van der Waals surface area contributed by atoms with E-state index < -0.39 is 16.0 Å². The Balaban J connectivity index is 0.000000595. The number of nitrogens with one attached hydrogen (secondary N) is 1. The number of amides is 1. The molecular weight excluding hydrogens is 532 g/mol. The third kappa shape index (κ3) is 6.13. The molecule has 2 aliphatic rings. The smallest absolute Gasteiger partial charge is 0.261 e. The van der Waals surface area contributed by atoms with Gasteiger partial charge in [0.05, 0.1) is 41.0 Å². The van der Waals surface area contributed by atoms with Crippen LogP contribution in [0.25, 0.3) is 33.2 Å². The summed E-state index contributed by atoms with van der Waals surface area (Å²) in [5, 5.41) is 0. The van der Waals surface area contributed by atoms with Gasteiger partial charge in [-0.15, -0.1) is 0 Å². The summed E-state index contributed by atoms with van der Waals surface area (Å²) >= 11 is 0. The van der Waals surface area contributed by atoms with Gasteiger partial charge < -0.3 is 24.9 Å². The highest BCUT2D eigenvalue weighted by Gasteiger charge is 2.25. The summed E-state index contributed by atoms with van der Waals surface area (Å²) in [5.41, 5.74) is 11.5. The number of rotatable bonds is 6. The van der Waals surface area contributed by atoms with Crippen molar-refractivity contribution in [3.8, 4) is 16.9 Å². The molecular formula is C28H36N6O5S. The number of H-pyrrole nitrogens is 1. The molecule has 0 spiro atoms. The molecule has 0 bridgehead atoms. The summed E-state index contributed by atoms with van der Waals surface area (Å²) in [6.07, 6.45) is 12.9. The van der Waals surface area contributed by atoms with Gasteiger partial charge in [-0.3, -0.25) is 9.35 Å². The quantitative estimate of drug-likeness (QED) is 0.293. The predicted molar refractivity (Wildman–Crippen MR) is 154 cm³/mol. The van der Waals surface area contributed by atoms with Gasteiger partial charge in [0.25, 0.3) is 16.0 Å². The molecule has 4 aromatic rings. The van der Waals surface area contributed by atoms with Crippen molar-refractivity contribution in [2.24, 2.45) is 5.73 Å². The fourth-order valence-corrected chi connectivity index (χ4v) is 5.89. The maximum atomic E-state index is 12.4. The van der Waals surface area contributed by atoms with Gasteiger partial charge >= 0.3 is 0 Å². The average Bonchev–Trinajstić information content (AvgIpc) is 3.65. The second-order valence-corrected chi connectivity index (χ2v) is 12.2. The Labute approximate surface area is 233 Å². The summed E-state index contributed by atoms with van der Waals surface area (Å²) in [6.45, 7) is 1.58. The lowest BCUT2D eigenvalue weighted by Crippen LogP contribution is -2.31. The Morgan fingerprint density at radius 1 is 1.15 bits per heavy atom. The molecule has 214 valence electrons. The van der Waals surface area contributed by atoms with Crippen LogP contribution in [0.5, 0.6) is 5.75 Å². The summed E-state index contributed by atoms with van der Waals surface area (Å²) in [4.78, 5) is 27.1. The fraction of sp³-hybridized carbons (Fsp3) is 0.464. The number of carbonyl (C=O) groups is 1. The first-order valence-corrected chi connectivity index (χ1v) is 15.5. The number of benzene rings is 2. The van der Waals surface area contributed by atoms with Crippen molar-refractivity contribution in [3.63, 3.8) is 0 Å². The standard InChI is InChI=1S/C27H32N6O2.CH4O3S/c1-32-11-5-8-19(32)14-35-23-13-20(25-26(30-15-29-25)24(23)27(28)34)17-9-10-22-21(12-17)31-16-33(22)18-6-3-2-4-7-18;1-5(2,3)4/h9-10,12-13,15-16,18-19H,2-8,11,14H2,1H3,(H2,28,34)(H,29,30);1H3,(H,2,3,4). The number of carbonyl (C=O) groups excluding carboxylic acids is 1. The van der Waals surface area contributed by atoms with Crippen LogP contribution < -0.4 is 10.5 Å². The van der Waals surface area contributed by atoms with Gasteiger partial charge in [-0.25, -0.2) is 9.97 Å². The first-order chi connectivity index (χ1) is 19.1. The molecule has 1 aliphatic carbocycles. The lowest BCUT2D eigenvalue weighted by Gasteiger charge is -2.23. The highest BCUT2D eigenvalue weighted by Crippen LogP contribution is 2.37. The minimum atomic E-state index is -3.67. The number of nitrogens with zero attached hydrogens (tertiary/aromatic N) is 4. The van der Waals surface area contributed by atoms with Crippen LogP contribution in [0, 0.1) is 0 Å². The van der Waals surface area contributed by atoms with Crippen molar-refractivity contribution in [2.45, 2.75) is 57.0 Å². The zero-order valence-corrected chi connectivity index (χ0v) is 23.7. The highest BCUT2D eigenvalue weighted by molar-refractivity contribution is 7.85. The number of likely N-dealkylation sites (N-methyl/N-ethyl adjacent to an activating group) is 1. The molecule has 11 nitrogen and oxygen atoms in total. The first-order valence-electron chi connectivity index (χ1n) is 13.6. The number of likely N-dealkylation sites (tertiary alicyclic amines) is 1. The Bertz CT molecular complexity index is 1610. The van der Waals surface area contributed by atoms with Gasteiger partial charge in [-0.2, -0.15) is 8.42 Å². The van der Waals surface area contributed by atoms with E-state index in [0.29, 0.717) is 47.3 Å². The number of aromatic amines is 1. The minimum Gasteiger partial charge on any atom is -0.491 e. The van der Waals surface area contributed by atoms with Crippen molar-refractivity contribution in [3.05, 3.63) is 42.5 Å². The fourth-order valence-electron chi connectivity index (χ4n) is 5.89. The van der Waals surface area contributed by atoms with Crippen molar-refractivity contribution in [1.29, 1.82) is 0 Å². The van der Waals surface area contributed by atoms with Gasteiger partial charge in [0, 0.05) is 17.6 Å². The number of ether oxygens (including phenoxy) is 1. The number of nitrogens with two attached hydrogens (primary N) is 1. The summed E-state index contributed by atoms with van der Waals surface area (Å²) in [7, 11) is -1.55. The molecule has 1 aliphatic heterocycles. The number of imidazole rings is 2. The molecule has 1 unspecified atom stereocenters. The molecule has 0 radical (unpaired) electrons. The SMILES string of the molecule is CN1CCCC1COc1cc(-c2ccc3c(c2)ncn3C2CCCCC2)c2nc[nH]c2c1C(N)=O.CS(=O)(=O)O. The Morgan fingerprint density at radius 3 is 2.58 bits per heavy atom. The van der Waals surface area contributed by atoms with Gasteiger partial charge in [-0.1, -0.05) is 25.3 Å². The minimum absolute atomic E-state index is 0.330. The van der Waals surface area contributed by atoms with Gasteiger partial charge in [0.2, 0.25) is 0 Å². The number of primary amides is 1. The molecule has 6 rings (SSSR count). The Kier molecular flexibility index (Phi) is 8.11. The number of aromatic nitrogens is 4. The first kappa shape index (κ1) is 28.1. The summed E-state index contributed by atoms with van der Waals surface area (Å²) in [6, 6.07) is 9.15. The van der Waals surface area contributed by atoms with Crippen LogP contribution in [0.2, 0.25) is 0 Å². The van der Waals surface area contributed by atoms with Crippen LogP contribution in [0.1, 0.15) is 61.3 Å². The van der Waals surface area contributed by atoms with E-state index in [4.69, 9.17) is 20.0 Å². The highest BCUT2D eigenvalue weighted by atomic mass is 32.2. The number of fused-ring (bicyclic) bond motifs is 2. The van der Waals surface area contributed by atoms with Gasteiger partial charge in [0.15, 0.2) is 0 Å². The van der Waals surface area contributed by atoms with Crippen molar-refractivity contribution in [2.75, 3.05) is 26.5 Å². The zero-order valence-electron chi connectivity index (χ0n) is 22.8. The van der Waals surface area contributed by atoms with Crippen LogP contribution >= 0.6 is 0 Å². The second kappa shape index (κ2) is 11.6. The monoisotopic (exact) mass is 568 g/mol. The van der Waals surface area contributed by atoms with Crippen molar-refractivity contribution < 1.29 is 22.5 Å². The number of hydrogen-bond donors (Lipinski definition) is 3. The largest absolute Gasteiger partial charge is 0.491 e. The molecule has 2 aromatic carbocycles. The van der Waals surface area contributed by atoms with Crippen LogP contribution in [-0.4, -0.2) is 75.8 Å². The van der Waals surface area contributed by atoms with E-state index in [1.54, 1.807) is 6.33 Å². The topological polar surface area (TPSA) is 156 Å². The van der Waals surface area contributed by atoms with Crippen molar-refractivity contribution >= 4 is 38.1 Å². The van der Waals surface area contributed by atoms with E-state index >= 15 is 0 Å². The van der Waals surface area contributed by atoms with Crippen molar-refractivity contribution in [1.82, 2.24) is 24.4 Å². The van der Waals surface area contributed by atoms with Crippen LogP contribution in [0.4, 0.5) is 0 Å². The van der Waals surface area contributed by atoms with E-state index in [2.05, 4.69) is 44.7 Å². The lowest BCUT2D eigenvalue weighted by atomic mass is 9.95. The zero-order chi connectivity index (χ0) is 28.4. The van der Waals surface area contributed by atoms with Gasteiger partial charge in [-0.05, 0) is 63.0 Å². The molecule has 4 N–H and O–H groups in total. The van der Waals surface area contributed by atoms with Crippen LogP contribution in [0.3, 0.4) is 0 Å². The maximum Gasteiger partial charge on any atom is 0.261 e. The predicted octanol–water partition coefficient (Wildman–Crippen LogP) is 4.16. The molecule has 40 heavy (non-hydrogen) atoms. The molecule has 12 heteroatoms. The molecule has 2 fully saturated rings. The Hall–Kier alpha value is -3.48. The maximum absolute atomic E-state index is 12.4. The Morgan fingerprint density at radius 2 is 1.90 bits per heavy atom. The van der Waals surface area contributed by atoms with E-state index in [1.807, 2.05) is 12.4 Å². The summed E-state index contributed by atoms with van der Waals surface area (Å²) in [5.74, 6) is -0.0281. The van der Waals surface area contributed by atoms with E-state index in [-0.39, 0.29) is 0 Å². The van der Waals surface area contributed by atoms with Gasteiger partial charge in [0.1, 0.15) is 17.9 Å². The van der Waals surface area contributed by atoms with Crippen LogP contribution in [-0.2, 0) is 10.1 Å². The van der Waals surface area contributed by atoms with E-state index in [0.717, 1.165) is 41.5 Å². The second-order valence-electron chi connectivity index (χ2n) is 10.8. The molecule has 2 aromatic heterocycles. The molecule has 1 saturated heterocycles. The molecule has 1 saturated carbocycles. The normalized spacial score (nSPS) is 18.6. The third-order valence-corrected chi connectivity index (χ3v) is 7.87. The third-order valence-electron chi connectivity index (χ3n) is 7.87. The van der Waals surface area contributed by atoms with Crippen LogP contribution in [0.15, 0.2) is 36.9 Å². The molecule has 3 heterocycles. The number of hydrogen-bond acceptors (Lipinski definition) is 7. The average molecular weight is 569 g/mol. The van der Waals surface area contributed by atoms with E-state index in [9.17, 15) is 13.2 Å². The molecule has 1 amide bonds. The summed E-state index contributed by atoms with van der Waals surface area (Å²) < 4.78 is 34.5.